The summed E-state index contributed by atoms with van der Waals surface area (Å²) < 4.78 is 11.9. The van der Waals surface area contributed by atoms with Gasteiger partial charge in [-0.2, -0.15) is 0 Å². The van der Waals surface area contributed by atoms with Gasteiger partial charge in [0.05, 0.1) is 29.7 Å². The van der Waals surface area contributed by atoms with Crippen molar-refractivity contribution >= 4 is 44.4 Å². The molecule has 134 valence electrons. The molecule has 0 saturated carbocycles. The average Bonchev–Trinajstić information content (AvgIpc) is 3.24. The molecule has 0 bridgehead atoms. The average molecular weight is 386 g/mol. The molecule has 1 saturated heterocycles. The second kappa shape index (κ2) is 7.17. The van der Waals surface area contributed by atoms with Gasteiger partial charge in [-0.15, -0.1) is 11.8 Å². The summed E-state index contributed by atoms with van der Waals surface area (Å²) in [7, 11) is 1.65. The molecule has 1 aliphatic heterocycles. The summed E-state index contributed by atoms with van der Waals surface area (Å²) in [5.41, 5.74) is 1.91. The van der Waals surface area contributed by atoms with Crippen LogP contribution >= 0.6 is 23.1 Å². The highest BCUT2D eigenvalue weighted by Crippen LogP contribution is 2.44. The molecule has 3 aromatic rings. The highest BCUT2D eigenvalue weighted by atomic mass is 32.2. The van der Waals surface area contributed by atoms with E-state index in [1.54, 1.807) is 23.8 Å². The highest BCUT2D eigenvalue weighted by Gasteiger charge is 2.36. The first-order valence-corrected chi connectivity index (χ1v) is 10.2. The first-order valence-electron chi connectivity index (χ1n) is 8.30. The Morgan fingerprint density at radius 3 is 2.92 bits per heavy atom. The predicted molar refractivity (Wildman–Crippen MR) is 106 cm³/mol. The van der Waals surface area contributed by atoms with Crippen LogP contribution in [0.1, 0.15) is 17.9 Å². The van der Waals surface area contributed by atoms with Gasteiger partial charge in [0.2, 0.25) is 5.91 Å². The van der Waals surface area contributed by atoms with Crippen molar-refractivity contribution in [3.05, 3.63) is 48.0 Å². The molecule has 7 heteroatoms. The fraction of sp³-hybridized carbons (Fsp3) is 0.263. The van der Waals surface area contributed by atoms with Crippen LogP contribution in [-0.2, 0) is 4.79 Å². The van der Waals surface area contributed by atoms with Crippen LogP contribution in [0.15, 0.2) is 42.5 Å². The summed E-state index contributed by atoms with van der Waals surface area (Å²) in [5, 5.41) is 0.626. The van der Waals surface area contributed by atoms with E-state index < -0.39 is 0 Å². The molecule has 2 heterocycles. The second-order valence-electron chi connectivity index (χ2n) is 5.76. The van der Waals surface area contributed by atoms with Gasteiger partial charge >= 0.3 is 0 Å². The standard InChI is InChI=1S/C19H18N2O3S2/c1-3-24-14-7-8-15-16(10-14)26-19(20-15)21-17(22)11-25-18(21)12-5-4-6-13(9-12)23-2/h4-10,18H,3,11H2,1-2H3/t18-/m1/s1. The van der Waals surface area contributed by atoms with E-state index in [2.05, 4.69) is 4.98 Å². The van der Waals surface area contributed by atoms with Crippen molar-refractivity contribution in [2.45, 2.75) is 12.3 Å². The molecule has 2 aromatic carbocycles. The van der Waals surface area contributed by atoms with Gasteiger partial charge in [-0.05, 0) is 42.8 Å². The minimum Gasteiger partial charge on any atom is -0.497 e. The van der Waals surface area contributed by atoms with Crippen LogP contribution < -0.4 is 14.4 Å². The third-order valence-corrected chi connectivity index (χ3v) is 6.34. The van der Waals surface area contributed by atoms with Crippen molar-refractivity contribution in [1.29, 1.82) is 0 Å². The zero-order valence-electron chi connectivity index (χ0n) is 14.5. The summed E-state index contributed by atoms with van der Waals surface area (Å²) in [5.74, 6) is 2.13. The van der Waals surface area contributed by atoms with Gasteiger partial charge in [-0.3, -0.25) is 9.69 Å². The van der Waals surface area contributed by atoms with Gasteiger partial charge < -0.3 is 9.47 Å². The van der Waals surface area contributed by atoms with Crippen LogP contribution in [0.25, 0.3) is 10.2 Å². The lowest BCUT2D eigenvalue weighted by Gasteiger charge is -2.21. The van der Waals surface area contributed by atoms with Crippen molar-refractivity contribution in [3.8, 4) is 11.5 Å². The number of benzene rings is 2. The summed E-state index contributed by atoms with van der Waals surface area (Å²) in [6.45, 7) is 2.58. The van der Waals surface area contributed by atoms with Crippen LogP contribution in [0.3, 0.4) is 0 Å². The number of hydrogen-bond donors (Lipinski definition) is 0. The van der Waals surface area contributed by atoms with Crippen LogP contribution in [0.2, 0.25) is 0 Å². The van der Waals surface area contributed by atoms with Gasteiger partial charge in [-0.1, -0.05) is 23.5 Å². The molecule has 1 fully saturated rings. The summed E-state index contributed by atoms with van der Waals surface area (Å²) in [4.78, 5) is 19.1. The lowest BCUT2D eigenvalue weighted by molar-refractivity contribution is -0.115. The number of ether oxygens (including phenoxy) is 2. The van der Waals surface area contributed by atoms with E-state index >= 15 is 0 Å². The molecule has 0 radical (unpaired) electrons. The number of thiazole rings is 1. The third kappa shape index (κ3) is 3.12. The third-order valence-electron chi connectivity index (χ3n) is 4.11. The topological polar surface area (TPSA) is 51.7 Å². The normalized spacial score (nSPS) is 17.1. The maximum absolute atomic E-state index is 12.6. The van der Waals surface area contributed by atoms with Crippen LogP contribution in [0.5, 0.6) is 11.5 Å². The SMILES string of the molecule is CCOc1ccc2nc(N3C(=O)CS[C@@H]3c3cccc(OC)c3)sc2c1. The maximum Gasteiger partial charge on any atom is 0.240 e. The van der Waals surface area contributed by atoms with E-state index in [4.69, 9.17) is 9.47 Å². The Balaban J connectivity index is 1.71. The number of rotatable bonds is 5. The van der Waals surface area contributed by atoms with Gasteiger partial charge in [0.1, 0.15) is 16.9 Å². The Labute approximate surface area is 159 Å². The predicted octanol–water partition coefficient (Wildman–Crippen LogP) is 4.48. The summed E-state index contributed by atoms with van der Waals surface area (Å²) >= 11 is 3.13. The Hall–Kier alpha value is -2.25. The van der Waals surface area contributed by atoms with E-state index in [1.807, 2.05) is 49.4 Å². The summed E-state index contributed by atoms with van der Waals surface area (Å²) in [6.07, 6.45) is 0. The molecule has 1 amide bonds. The molecule has 0 aliphatic carbocycles. The number of nitrogens with zero attached hydrogens (tertiary/aromatic N) is 2. The lowest BCUT2D eigenvalue weighted by atomic mass is 10.2. The summed E-state index contributed by atoms with van der Waals surface area (Å²) in [6, 6.07) is 13.7. The van der Waals surface area contributed by atoms with Gasteiger partial charge in [0.15, 0.2) is 5.13 Å². The van der Waals surface area contributed by atoms with Gasteiger partial charge in [-0.25, -0.2) is 4.98 Å². The highest BCUT2D eigenvalue weighted by molar-refractivity contribution is 8.00. The Morgan fingerprint density at radius 1 is 1.23 bits per heavy atom. The fourth-order valence-electron chi connectivity index (χ4n) is 2.92. The first kappa shape index (κ1) is 17.2. The van der Waals surface area contributed by atoms with Crippen molar-refractivity contribution in [2.24, 2.45) is 0 Å². The van der Waals surface area contributed by atoms with Crippen LogP contribution in [-0.4, -0.2) is 30.4 Å². The second-order valence-corrected chi connectivity index (χ2v) is 7.84. The zero-order chi connectivity index (χ0) is 18.1. The number of anilines is 1. The number of carbonyl (C=O) groups excluding carboxylic acids is 1. The molecule has 0 N–H and O–H groups in total. The molecular weight excluding hydrogens is 368 g/mol. The number of methoxy groups -OCH3 is 1. The van der Waals surface area contributed by atoms with E-state index in [0.29, 0.717) is 12.4 Å². The zero-order valence-corrected chi connectivity index (χ0v) is 16.1. The number of amides is 1. The van der Waals surface area contributed by atoms with E-state index in [1.165, 1.54) is 11.3 Å². The largest absolute Gasteiger partial charge is 0.497 e. The molecule has 5 nitrogen and oxygen atoms in total. The van der Waals surface area contributed by atoms with Crippen LogP contribution in [0, 0.1) is 0 Å². The Morgan fingerprint density at radius 2 is 2.12 bits per heavy atom. The van der Waals surface area contributed by atoms with Gasteiger partial charge in [0, 0.05) is 0 Å². The number of aromatic nitrogens is 1. The smallest absolute Gasteiger partial charge is 0.240 e. The number of thioether (sulfide) groups is 1. The van der Waals surface area contributed by atoms with Crippen LogP contribution in [0.4, 0.5) is 5.13 Å². The van der Waals surface area contributed by atoms with Crippen molar-refractivity contribution in [3.63, 3.8) is 0 Å². The minimum atomic E-state index is -0.0930. The molecule has 4 rings (SSSR count). The number of hydrogen-bond acceptors (Lipinski definition) is 6. The molecular formula is C19H18N2O3S2. The van der Waals surface area contributed by atoms with Crippen molar-refractivity contribution < 1.29 is 14.3 Å². The van der Waals surface area contributed by atoms with E-state index in [0.717, 1.165) is 32.4 Å². The molecule has 1 aromatic heterocycles. The Bertz CT molecular complexity index is 957. The monoisotopic (exact) mass is 386 g/mol. The molecule has 1 aliphatic rings. The molecule has 1 atom stereocenters. The van der Waals surface area contributed by atoms with Gasteiger partial charge in [0.25, 0.3) is 0 Å². The van der Waals surface area contributed by atoms with E-state index in [-0.39, 0.29) is 11.3 Å². The van der Waals surface area contributed by atoms with Crippen molar-refractivity contribution in [1.82, 2.24) is 4.98 Å². The fourth-order valence-corrected chi connectivity index (χ4v) is 5.18. The van der Waals surface area contributed by atoms with E-state index in [9.17, 15) is 4.79 Å². The maximum atomic E-state index is 12.6. The number of fused-ring (bicyclic) bond motifs is 1. The molecule has 0 spiro atoms. The lowest BCUT2D eigenvalue weighted by Crippen LogP contribution is -2.27. The Kier molecular flexibility index (Phi) is 4.74. The quantitative estimate of drug-likeness (QED) is 0.647. The minimum absolute atomic E-state index is 0.0758. The molecule has 26 heavy (non-hydrogen) atoms. The van der Waals surface area contributed by atoms with Crippen molar-refractivity contribution in [2.75, 3.05) is 24.4 Å². The number of carbonyl (C=O) groups is 1. The molecule has 0 unspecified atom stereocenters. The first-order chi connectivity index (χ1) is 12.7.